The largest absolute Gasteiger partial charge is 0.493 e. The smallest absolute Gasteiger partial charge is 0.251 e. The van der Waals surface area contributed by atoms with E-state index in [0.717, 1.165) is 11.3 Å². The van der Waals surface area contributed by atoms with Gasteiger partial charge in [0.2, 0.25) is 0 Å². The fraction of sp³-hybridized carbons (Fsp3) is 0.238. The molecule has 3 aromatic rings. The van der Waals surface area contributed by atoms with Crippen molar-refractivity contribution in [2.24, 2.45) is 0 Å². The summed E-state index contributed by atoms with van der Waals surface area (Å²) in [6.45, 7) is 3.30. The van der Waals surface area contributed by atoms with E-state index in [4.69, 9.17) is 21.1 Å². The summed E-state index contributed by atoms with van der Waals surface area (Å²) < 4.78 is 12.9. The number of nitrogens with one attached hydrogen (secondary N) is 1. The van der Waals surface area contributed by atoms with Crippen molar-refractivity contribution >= 4 is 17.5 Å². The number of para-hydroxylation sites is 2. The van der Waals surface area contributed by atoms with Crippen LogP contribution in [-0.2, 0) is 19.7 Å². The highest BCUT2D eigenvalue weighted by Crippen LogP contribution is 2.26. The third-order valence-electron chi connectivity index (χ3n) is 4.27. The number of aryl methyl sites for hydroxylation is 1. The Bertz CT molecular complexity index is 956. The maximum Gasteiger partial charge on any atom is 0.251 e. The van der Waals surface area contributed by atoms with Crippen molar-refractivity contribution in [1.29, 1.82) is 0 Å². The van der Waals surface area contributed by atoms with E-state index in [0.29, 0.717) is 41.8 Å². The first kappa shape index (κ1) is 19.8. The average Bonchev–Trinajstić information content (AvgIpc) is 3.10. The molecule has 0 atom stereocenters. The predicted octanol–water partition coefficient (Wildman–Crippen LogP) is 4.07. The van der Waals surface area contributed by atoms with Gasteiger partial charge in [-0.05, 0) is 36.8 Å². The van der Waals surface area contributed by atoms with Crippen LogP contribution in [0.5, 0.6) is 11.5 Å². The summed E-state index contributed by atoms with van der Waals surface area (Å²) in [6, 6.07) is 14.8. The Morgan fingerprint density at radius 1 is 1.18 bits per heavy atom. The molecule has 1 amide bonds. The van der Waals surface area contributed by atoms with Gasteiger partial charge in [-0.2, -0.15) is 5.10 Å². The molecule has 0 radical (unpaired) electrons. The highest BCUT2D eigenvalue weighted by Gasteiger charge is 2.12. The minimum atomic E-state index is -0.181. The van der Waals surface area contributed by atoms with Gasteiger partial charge in [-0.1, -0.05) is 35.9 Å². The second-order valence-electron chi connectivity index (χ2n) is 6.08. The standard InChI is InChI=1S/C21H22ClN3O3/c1-3-25-18(17(22)12-24-25)13-23-21(26)16-8-6-7-15(11-16)14-28-20-10-5-4-9-19(20)27-2/h4-12H,3,13-14H2,1-2H3,(H,23,26). The highest BCUT2D eigenvalue weighted by atomic mass is 35.5. The van der Waals surface area contributed by atoms with E-state index in [-0.39, 0.29) is 5.91 Å². The molecule has 1 aromatic heterocycles. The zero-order valence-corrected chi connectivity index (χ0v) is 16.6. The topological polar surface area (TPSA) is 65.4 Å². The Kier molecular flexibility index (Phi) is 6.55. The molecule has 0 aliphatic carbocycles. The van der Waals surface area contributed by atoms with Crippen molar-refractivity contribution in [1.82, 2.24) is 15.1 Å². The van der Waals surface area contributed by atoms with Gasteiger partial charge in [-0.3, -0.25) is 9.48 Å². The van der Waals surface area contributed by atoms with Crippen molar-refractivity contribution in [2.45, 2.75) is 26.6 Å². The summed E-state index contributed by atoms with van der Waals surface area (Å²) in [7, 11) is 1.60. The van der Waals surface area contributed by atoms with Gasteiger partial charge < -0.3 is 14.8 Å². The lowest BCUT2D eigenvalue weighted by molar-refractivity contribution is 0.0949. The summed E-state index contributed by atoms with van der Waals surface area (Å²) in [5.74, 6) is 1.14. The maximum absolute atomic E-state index is 12.5. The maximum atomic E-state index is 12.5. The number of halogens is 1. The predicted molar refractivity (Wildman–Crippen MR) is 108 cm³/mol. The normalized spacial score (nSPS) is 10.5. The molecule has 3 rings (SSSR count). The van der Waals surface area contributed by atoms with Crippen LogP contribution in [0.15, 0.2) is 54.7 Å². The number of methoxy groups -OCH3 is 1. The molecule has 2 aromatic carbocycles. The lowest BCUT2D eigenvalue weighted by Crippen LogP contribution is -2.24. The molecule has 6 nitrogen and oxygen atoms in total. The summed E-state index contributed by atoms with van der Waals surface area (Å²) in [5, 5.41) is 7.61. The summed E-state index contributed by atoms with van der Waals surface area (Å²) in [5.41, 5.74) is 2.23. The number of hydrogen-bond acceptors (Lipinski definition) is 4. The van der Waals surface area contributed by atoms with E-state index >= 15 is 0 Å². The van der Waals surface area contributed by atoms with Crippen LogP contribution in [-0.4, -0.2) is 22.8 Å². The van der Waals surface area contributed by atoms with Gasteiger partial charge in [0.15, 0.2) is 11.5 Å². The first-order valence-electron chi connectivity index (χ1n) is 8.95. The molecule has 7 heteroatoms. The minimum Gasteiger partial charge on any atom is -0.493 e. The zero-order valence-electron chi connectivity index (χ0n) is 15.8. The molecule has 0 aliphatic rings. The molecule has 0 unspecified atom stereocenters. The van der Waals surface area contributed by atoms with Crippen LogP contribution in [0.4, 0.5) is 0 Å². The van der Waals surface area contributed by atoms with Crippen LogP contribution in [0, 0.1) is 0 Å². The van der Waals surface area contributed by atoms with Gasteiger partial charge in [0, 0.05) is 12.1 Å². The summed E-state index contributed by atoms with van der Waals surface area (Å²) in [6.07, 6.45) is 1.59. The van der Waals surface area contributed by atoms with E-state index < -0.39 is 0 Å². The lowest BCUT2D eigenvalue weighted by Gasteiger charge is -2.11. The first-order valence-corrected chi connectivity index (χ1v) is 9.33. The number of carbonyl (C=O) groups excluding carboxylic acids is 1. The molecule has 1 heterocycles. The third kappa shape index (κ3) is 4.64. The summed E-state index contributed by atoms with van der Waals surface area (Å²) in [4.78, 5) is 12.5. The van der Waals surface area contributed by atoms with Crippen molar-refractivity contribution < 1.29 is 14.3 Å². The number of ether oxygens (including phenoxy) is 2. The molecule has 0 saturated carbocycles. The summed E-state index contributed by atoms with van der Waals surface area (Å²) >= 11 is 6.14. The van der Waals surface area contributed by atoms with E-state index in [1.54, 1.807) is 24.1 Å². The fourth-order valence-corrected chi connectivity index (χ4v) is 3.01. The molecule has 28 heavy (non-hydrogen) atoms. The van der Waals surface area contributed by atoms with E-state index in [1.807, 2.05) is 49.4 Å². The van der Waals surface area contributed by atoms with E-state index in [2.05, 4.69) is 10.4 Å². The zero-order chi connectivity index (χ0) is 19.9. The van der Waals surface area contributed by atoms with Crippen LogP contribution in [0.1, 0.15) is 28.5 Å². The second-order valence-corrected chi connectivity index (χ2v) is 6.48. The Morgan fingerprint density at radius 3 is 2.71 bits per heavy atom. The second kappa shape index (κ2) is 9.28. The third-order valence-corrected chi connectivity index (χ3v) is 4.58. The van der Waals surface area contributed by atoms with Gasteiger partial charge in [0.1, 0.15) is 6.61 Å². The number of amides is 1. The molecular formula is C21H22ClN3O3. The van der Waals surface area contributed by atoms with Crippen LogP contribution in [0.2, 0.25) is 5.02 Å². The monoisotopic (exact) mass is 399 g/mol. The van der Waals surface area contributed by atoms with Crippen molar-refractivity contribution in [3.63, 3.8) is 0 Å². The Hall–Kier alpha value is -2.99. The van der Waals surface area contributed by atoms with Gasteiger partial charge in [-0.15, -0.1) is 0 Å². The van der Waals surface area contributed by atoms with Crippen molar-refractivity contribution in [3.8, 4) is 11.5 Å². The lowest BCUT2D eigenvalue weighted by atomic mass is 10.1. The fourth-order valence-electron chi connectivity index (χ4n) is 2.80. The Morgan fingerprint density at radius 2 is 1.96 bits per heavy atom. The SMILES string of the molecule is CCn1ncc(Cl)c1CNC(=O)c1cccc(COc2ccccc2OC)c1. The number of aromatic nitrogens is 2. The molecule has 0 bridgehead atoms. The van der Waals surface area contributed by atoms with Gasteiger partial charge >= 0.3 is 0 Å². The van der Waals surface area contributed by atoms with Gasteiger partial charge in [0.25, 0.3) is 5.91 Å². The van der Waals surface area contributed by atoms with Crippen molar-refractivity contribution in [3.05, 3.63) is 76.6 Å². The minimum absolute atomic E-state index is 0.181. The highest BCUT2D eigenvalue weighted by molar-refractivity contribution is 6.31. The number of hydrogen-bond donors (Lipinski definition) is 1. The number of rotatable bonds is 8. The van der Waals surface area contributed by atoms with Crippen LogP contribution in [0.3, 0.4) is 0 Å². The molecular weight excluding hydrogens is 378 g/mol. The molecule has 0 spiro atoms. The molecule has 0 fully saturated rings. The first-order chi connectivity index (χ1) is 13.6. The molecule has 146 valence electrons. The number of carbonyl (C=O) groups is 1. The molecule has 0 saturated heterocycles. The van der Waals surface area contributed by atoms with Gasteiger partial charge in [-0.25, -0.2) is 0 Å². The van der Waals surface area contributed by atoms with E-state index in [9.17, 15) is 4.79 Å². The molecule has 1 N–H and O–H groups in total. The van der Waals surface area contributed by atoms with Crippen LogP contribution in [0.25, 0.3) is 0 Å². The Balaban J connectivity index is 1.63. The van der Waals surface area contributed by atoms with Crippen LogP contribution >= 0.6 is 11.6 Å². The average molecular weight is 400 g/mol. The number of benzene rings is 2. The molecule has 0 aliphatic heterocycles. The van der Waals surface area contributed by atoms with Gasteiger partial charge in [0.05, 0.1) is 30.6 Å². The van der Waals surface area contributed by atoms with Crippen molar-refractivity contribution in [2.75, 3.05) is 7.11 Å². The number of nitrogens with zero attached hydrogens (tertiary/aromatic N) is 2. The van der Waals surface area contributed by atoms with Crippen LogP contribution < -0.4 is 14.8 Å². The quantitative estimate of drug-likeness (QED) is 0.620. The van der Waals surface area contributed by atoms with E-state index in [1.165, 1.54) is 0 Å². The Labute approximate surface area is 169 Å².